The maximum Gasteiger partial charge on any atom is 1.00 e. The number of carboxylic acids is 1. The number of aliphatic carboxylic acids is 1. The molecule has 2 atom stereocenters. The molecule has 0 aliphatic carbocycles. The normalized spacial score (nSPS) is 21.7. The van der Waals surface area contributed by atoms with E-state index in [4.69, 9.17) is 10.9 Å². The molecule has 1 fully saturated rings. The SMILES string of the molecule is C=CC1=C(C(=O)[O-])N2C(=O)[C@@H](NC(=O)/C(=N\O)c3nsc(N)n3)[C@H]2SC1.[Na+]. The molecule has 0 unspecified atom stereocenters. The van der Waals surface area contributed by atoms with Gasteiger partial charge in [-0.2, -0.15) is 9.36 Å². The van der Waals surface area contributed by atoms with Crippen molar-refractivity contribution in [1.29, 1.82) is 0 Å². The number of nitrogens with one attached hydrogen (secondary N) is 1. The van der Waals surface area contributed by atoms with Crippen molar-refractivity contribution in [3.05, 3.63) is 29.7 Å². The zero-order valence-corrected chi connectivity index (χ0v) is 17.5. The Morgan fingerprint density at radius 2 is 2.22 bits per heavy atom. The fourth-order valence-corrected chi connectivity index (χ4v) is 4.30. The molecule has 2 aliphatic rings. The molecule has 2 aliphatic heterocycles. The zero-order chi connectivity index (χ0) is 19.0. The van der Waals surface area contributed by atoms with Gasteiger partial charge in [0.2, 0.25) is 11.5 Å². The first-order valence-corrected chi connectivity index (χ1v) is 8.85. The van der Waals surface area contributed by atoms with Crippen LogP contribution in [0.5, 0.6) is 0 Å². The predicted octanol–water partition coefficient (Wildman–Crippen LogP) is -5.11. The standard InChI is InChI=1S/C13H12N6O5S2.Na/c1-2-4-3-25-11-6(10(21)19(11)7(4)12(22)23)15-9(20)5(17-24)8-16-13(14)26-18-8;/h2,6,11,24H,1,3H2,(H,15,20)(H,22,23)(H2,14,16,18);/q;+1/p-1/b17-5-;/t6-,11-;/m1./s1. The van der Waals surface area contributed by atoms with Gasteiger partial charge in [-0.15, -0.1) is 11.8 Å². The molecule has 3 rings (SSSR count). The smallest absolute Gasteiger partial charge is 0.543 e. The monoisotopic (exact) mass is 418 g/mol. The van der Waals surface area contributed by atoms with Gasteiger partial charge in [0.1, 0.15) is 11.4 Å². The van der Waals surface area contributed by atoms with E-state index in [0.29, 0.717) is 11.3 Å². The van der Waals surface area contributed by atoms with Crippen LogP contribution in [0.2, 0.25) is 0 Å². The van der Waals surface area contributed by atoms with E-state index in [2.05, 4.69) is 26.4 Å². The first-order chi connectivity index (χ1) is 12.4. The molecule has 27 heavy (non-hydrogen) atoms. The summed E-state index contributed by atoms with van der Waals surface area (Å²) in [4.78, 5) is 40.8. The summed E-state index contributed by atoms with van der Waals surface area (Å²) >= 11 is 2.07. The van der Waals surface area contributed by atoms with Crippen LogP contribution in [-0.4, -0.2) is 60.1 Å². The van der Waals surface area contributed by atoms with E-state index in [1.54, 1.807) is 0 Å². The van der Waals surface area contributed by atoms with Gasteiger partial charge < -0.3 is 26.2 Å². The molecule has 2 amide bonds. The molecule has 14 heteroatoms. The fraction of sp³-hybridized carbons (Fsp3) is 0.231. The van der Waals surface area contributed by atoms with E-state index in [9.17, 15) is 19.5 Å². The number of hydrogen-bond donors (Lipinski definition) is 3. The number of nitrogens with two attached hydrogens (primary N) is 1. The largest absolute Gasteiger partial charge is 1.00 e. The van der Waals surface area contributed by atoms with Crippen LogP contribution >= 0.6 is 23.3 Å². The molecule has 0 saturated carbocycles. The molecule has 3 heterocycles. The second kappa shape index (κ2) is 8.39. The number of allylic oxidation sites excluding steroid dienone is 1. The summed E-state index contributed by atoms with van der Waals surface area (Å²) in [7, 11) is 0. The van der Waals surface area contributed by atoms with E-state index in [-0.39, 0.29) is 46.2 Å². The number of β-lactam (4-membered cyclic amide) rings is 1. The van der Waals surface area contributed by atoms with Crippen LogP contribution in [0.1, 0.15) is 5.82 Å². The minimum atomic E-state index is -1.50. The summed E-state index contributed by atoms with van der Waals surface area (Å²) < 4.78 is 3.76. The Labute approximate surface area is 182 Å². The number of carbonyl (C=O) groups is 3. The van der Waals surface area contributed by atoms with Gasteiger partial charge in [0.25, 0.3) is 11.8 Å². The molecule has 136 valence electrons. The average molecular weight is 418 g/mol. The van der Waals surface area contributed by atoms with Crippen LogP contribution in [0, 0.1) is 0 Å². The van der Waals surface area contributed by atoms with E-state index >= 15 is 0 Å². The number of nitrogen functional groups attached to an aromatic ring is 1. The summed E-state index contributed by atoms with van der Waals surface area (Å²) in [5.41, 5.74) is 5.02. The minimum Gasteiger partial charge on any atom is -0.543 e. The van der Waals surface area contributed by atoms with E-state index in [1.165, 1.54) is 17.8 Å². The van der Waals surface area contributed by atoms with Gasteiger partial charge in [0, 0.05) is 17.3 Å². The number of carbonyl (C=O) groups excluding carboxylic acids is 3. The average Bonchev–Trinajstić information content (AvgIpc) is 3.04. The molecular formula is C13H11N6NaO5S2. The van der Waals surface area contributed by atoms with E-state index in [0.717, 1.165) is 16.4 Å². The van der Waals surface area contributed by atoms with E-state index in [1.807, 2.05) is 0 Å². The predicted molar refractivity (Wildman–Crippen MR) is 89.9 cm³/mol. The van der Waals surface area contributed by atoms with Crippen molar-refractivity contribution in [3.63, 3.8) is 0 Å². The first kappa shape index (κ1) is 21.4. The second-order valence-electron chi connectivity index (χ2n) is 5.13. The Morgan fingerprint density at radius 1 is 1.52 bits per heavy atom. The van der Waals surface area contributed by atoms with Crippen molar-refractivity contribution in [2.45, 2.75) is 11.4 Å². The Hall–Kier alpha value is -1.93. The Morgan fingerprint density at radius 3 is 2.74 bits per heavy atom. The maximum absolute atomic E-state index is 12.3. The summed E-state index contributed by atoms with van der Waals surface area (Å²) in [6.07, 6.45) is 1.35. The van der Waals surface area contributed by atoms with Crippen molar-refractivity contribution in [1.82, 2.24) is 19.6 Å². The first-order valence-electron chi connectivity index (χ1n) is 7.03. The molecule has 4 N–H and O–H groups in total. The molecule has 0 radical (unpaired) electrons. The molecule has 11 nitrogen and oxygen atoms in total. The summed E-state index contributed by atoms with van der Waals surface area (Å²) in [5, 5.41) is 25.1. The van der Waals surface area contributed by atoms with Gasteiger partial charge in [0.15, 0.2) is 5.13 Å². The van der Waals surface area contributed by atoms with E-state index < -0.39 is 34.9 Å². The topological polar surface area (TPSA) is 174 Å². The molecule has 1 aromatic rings. The van der Waals surface area contributed by atoms with Crippen molar-refractivity contribution in [3.8, 4) is 0 Å². The summed E-state index contributed by atoms with van der Waals surface area (Å²) in [6, 6.07) is -0.999. The molecule has 0 aromatic carbocycles. The number of thioether (sulfide) groups is 1. The number of carboxylic acid groups (broad SMARTS) is 1. The van der Waals surface area contributed by atoms with Gasteiger partial charge in [-0.3, -0.25) is 14.5 Å². The van der Waals surface area contributed by atoms with Gasteiger partial charge in [-0.05, 0) is 5.57 Å². The Balaban J connectivity index is 0.00000261. The van der Waals surface area contributed by atoms with Crippen LogP contribution in [0.25, 0.3) is 0 Å². The zero-order valence-electron chi connectivity index (χ0n) is 13.9. The van der Waals surface area contributed by atoms with Gasteiger partial charge >= 0.3 is 29.6 Å². The van der Waals surface area contributed by atoms with Gasteiger partial charge in [-0.1, -0.05) is 17.8 Å². The Bertz CT molecular complexity index is 884. The summed E-state index contributed by atoms with van der Waals surface area (Å²) in [5.74, 6) is -2.91. The van der Waals surface area contributed by atoms with Gasteiger partial charge in [-0.25, -0.2) is 0 Å². The van der Waals surface area contributed by atoms with Crippen LogP contribution in [0.4, 0.5) is 5.13 Å². The van der Waals surface area contributed by atoms with Crippen molar-refractivity contribution >= 4 is 51.9 Å². The van der Waals surface area contributed by atoms with Crippen LogP contribution in [-0.2, 0) is 14.4 Å². The van der Waals surface area contributed by atoms with Crippen molar-refractivity contribution in [2.24, 2.45) is 5.16 Å². The molecule has 0 bridgehead atoms. The van der Waals surface area contributed by atoms with Crippen LogP contribution in [0.15, 0.2) is 29.1 Å². The third-order valence-corrected chi connectivity index (χ3v) is 5.54. The number of fused-ring (bicyclic) bond motifs is 1. The quantitative estimate of drug-likeness (QED) is 0.139. The number of oxime groups is 1. The minimum absolute atomic E-state index is 0. The van der Waals surface area contributed by atoms with Crippen molar-refractivity contribution < 1.29 is 54.3 Å². The fourth-order valence-electron chi connectivity index (χ4n) is 2.52. The third kappa shape index (κ3) is 3.73. The summed E-state index contributed by atoms with van der Waals surface area (Å²) in [6.45, 7) is 3.53. The number of amides is 2. The third-order valence-electron chi connectivity index (χ3n) is 3.69. The number of nitrogens with zero attached hydrogens (tertiary/aromatic N) is 4. The van der Waals surface area contributed by atoms with Crippen LogP contribution in [0.3, 0.4) is 0 Å². The molecule has 1 saturated heterocycles. The Kier molecular flexibility index (Phi) is 6.64. The van der Waals surface area contributed by atoms with Crippen molar-refractivity contribution in [2.75, 3.05) is 11.5 Å². The molecule has 1 aromatic heterocycles. The number of anilines is 1. The number of hydrogen-bond acceptors (Lipinski definition) is 11. The maximum atomic E-state index is 12.3. The second-order valence-corrected chi connectivity index (χ2v) is 7.02. The van der Waals surface area contributed by atoms with Crippen LogP contribution < -0.4 is 45.7 Å². The number of aromatic nitrogens is 2. The molecular weight excluding hydrogens is 407 g/mol. The number of rotatable bonds is 5. The van der Waals surface area contributed by atoms with Gasteiger partial charge in [0.05, 0.1) is 11.7 Å². The molecule has 0 spiro atoms.